The number of carbonyl (C=O) groups excluding carboxylic acids is 4. The summed E-state index contributed by atoms with van der Waals surface area (Å²) in [5.74, 6) is -3.36. The van der Waals surface area contributed by atoms with E-state index in [9.17, 15) is 29.1 Å². The molecule has 2 atom stereocenters. The molecule has 1 fully saturated rings. The lowest BCUT2D eigenvalue weighted by molar-refractivity contribution is -0.149. The van der Waals surface area contributed by atoms with Crippen LogP contribution in [-0.2, 0) is 23.9 Å². The Labute approximate surface area is 264 Å². The number of benzene rings is 2. The summed E-state index contributed by atoms with van der Waals surface area (Å²) in [6.07, 6.45) is 0.376. The molecule has 11 heteroatoms. The van der Waals surface area contributed by atoms with Gasteiger partial charge in [0.15, 0.2) is 0 Å². The average molecular weight is 621 g/mol. The van der Waals surface area contributed by atoms with Crippen molar-refractivity contribution in [1.82, 2.24) is 20.0 Å². The van der Waals surface area contributed by atoms with E-state index in [1.165, 1.54) is 23.9 Å². The van der Waals surface area contributed by atoms with Crippen molar-refractivity contribution < 1.29 is 33.8 Å². The van der Waals surface area contributed by atoms with E-state index in [1.807, 2.05) is 48.5 Å². The minimum Gasteiger partial charge on any atom is -0.481 e. The Morgan fingerprint density at radius 2 is 1.49 bits per heavy atom. The van der Waals surface area contributed by atoms with Crippen LogP contribution in [-0.4, -0.2) is 101 Å². The van der Waals surface area contributed by atoms with Crippen LogP contribution in [0.15, 0.2) is 48.5 Å². The zero-order valence-electron chi connectivity index (χ0n) is 26.9. The van der Waals surface area contributed by atoms with Crippen molar-refractivity contribution in [3.8, 4) is 11.1 Å². The number of hydrogen-bond donors (Lipinski definition) is 2. The van der Waals surface area contributed by atoms with Crippen LogP contribution in [0.5, 0.6) is 0 Å². The molecule has 2 aromatic carbocycles. The highest BCUT2D eigenvalue weighted by molar-refractivity contribution is 5.96. The molecule has 11 nitrogen and oxygen atoms in total. The molecule has 0 radical (unpaired) electrons. The van der Waals surface area contributed by atoms with E-state index in [4.69, 9.17) is 4.74 Å². The van der Waals surface area contributed by atoms with Crippen LogP contribution < -0.4 is 5.32 Å². The van der Waals surface area contributed by atoms with Gasteiger partial charge in [0, 0.05) is 33.1 Å². The molecule has 0 aromatic heterocycles. The molecule has 2 N–H and O–H groups in total. The minimum atomic E-state index is -1.41. The van der Waals surface area contributed by atoms with Crippen molar-refractivity contribution in [1.29, 1.82) is 0 Å². The number of carboxylic acid groups (broad SMARTS) is 1. The fourth-order valence-corrected chi connectivity index (χ4v) is 6.34. The number of likely N-dealkylation sites (tertiary alicyclic amines) is 1. The maximum absolute atomic E-state index is 13.9. The smallest absolute Gasteiger partial charge is 0.410 e. The number of likely N-dealkylation sites (N-methyl/N-ethyl adjacent to an activating group) is 2. The Balaban J connectivity index is 1.45. The SMILES string of the molecule is CC(C)[C@@H](C(=O)N[C@@H](CC(=O)O)C(=O)N1CCCC1)N(C)C(=O)C(C)(C)N(C)C(=O)OCC1c2ccccc2-c2ccccc21. The number of carbonyl (C=O) groups is 5. The lowest BCUT2D eigenvalue weighted by Crippen LogP contribution is -2.62. The van der Waals surface area contributed by atoms with Gasteiger partial charge in [-0.25, -0.2) is 4.79 Å². The van der Waals surface area contributed by atoms with E-state index in [0.29, 0.717) is 13.1 Å². The van der Waals surface area contributed by atoms with E-state index in [2.05, 4.69) is 5.32 Å². The summed E-state index contributed by atoms with van der Waals surface area (Å²) in [7, 11) is 2.95. The predicted molar refractivity (Wildman–Crippen MR) is 168 cm³/mol. The largest absolute Gasteiger partial charge is 0.481 e. The zero-order valence-corrected chi connectivity index (χ0v) is 26.9. The highest BCUT2D eigenvalue weighted by Crippen LogP contribution is 2.44. The third kappa shape index (κ3) is 6.97. The van der Waals surface area contributed by atoms with E-state index < -0.39 is 53.8 Å². The standard InChI is InChI=1S/C34H44N4O7/c1-21(2)29(30(41)35-27(19-28(39)40)31(42)38-17-11-12-18-38)36(5)32(43)34(3,4)37(6)33(44)45-20-26-24-15-9-7-13-22(24)23-14-8-10-16-25(23)26/h7-10,13-16,21,26-27,29H,11-12,17-20H2,1-6H3,(H,35,41)(H,39,40)/t27-,29-/m0/s1. The molecule has 1 aliphatic heterocycles. The van der Waals surface area contributed by atoms with Crippen molar-refractivity contribution in [3.63, 3.8) is 0 Å². The topological polar surface area (TPSA) is 137 Å². The molecular weight excluding hydrogens is 576 g/mol. The monoisotopic (exact) mass is 620 g/mol. The summed E-state index contributed by atoms with van der Waals surface area (Å²) in [4.78, 5) is 69.4. The number of fused-ring (bicyclic) bond motifs is 3. The van der Waals surface area contributed by atoms with E-state index in [1.54, 1.807) is 32.6 Å². The number of nitrogens with one attached hydrogen (secondary N) is 1. The van der Waals surface area contributed by atoms with Gasteiger partial charge < -0.3 is 25.0 Å². The number of hydrogen-bond acceptors (Lipinski definition) is 6. The predicted octanol–water partition coefficient (Wildman–Crippen LogP) is 3.71. The summed E-state index contributed by atoms with van der Waals surface area (Å²) in [6.45, 7) is 7.76. The maximum Gasteiger partial charge on any atom is 0.410 e. The second-order valence-corrected chi connectivity index (χ2v) is 12.7. The first-order valence-electron chi connectivity index (χ1n) is 15.4. The quantitative estimate of drug-likeness (QED) is 0.391. The number of rotatable bonds is 11. The van der Waals surface area contributed by atoms with Gasteiger partial charge in [-0.15, -0.1) is 0 Å². The third-order valence-corrected chi connectivity index (χ3v) is 9.02. The van der Waals surface area contributed by atoms with Gasteiger partial charge in [0.2, 0.25) is 17.7 Å². The third-order valence-electron chi connectivity index (χ3n) is 9.02. The highest BCUT2D eigenvalue weighted by Gasteiger charge is 2.43. The molecule has 2 aliphatic rings. The Hall–Kier alpha value is -4.41. The van der Waals surface area contributed by atoms with Gasteiger partial charge in [0.25, 0.3) is 0 Å². The molecule has 242 valence electrons. The number of nitrogens with zero attached hydrogens (tertiary/aromatic N) is 3. The Morgan fingerprint density at radius 1 is 0.956 bits per heavy atom. The molecule has 1 saturated heterocycles. The number of carboxylic acids is 1. The van der Waals surface area contributed by atoms with Gasteiger partial charge in [-0.2, -0.15) is 0 Å². The van der Waals surface area contributed by atoms with Crippen molar-refractivity contribution in [2.75, 3.05) is 33.8 Å². The normalized spacial score (nSPS) is 15.6. The van der Waals surface area contributed by atoms with Gasteiger partial charge in [-0.3, -0.25) is 24.1 Å². The van der Waals surface area contributed by atoms with Gasteiger partial charge in [-0.1, -0.05) is 62.4 Å². The molecule has 1 heterocycles. The Morgan fingerprint density at radius 3 is 2.00 bits per heavy atom. The second-order valence-electron chi connectivity index (χ2n) is 12.7. The fraction of sp³-hybridized carbons (Fsp3) is 0.500. The minimum absolute atomic E-state index is 0.0876. The van der Waals surface area contributed by atoms with E-state index in [-0.39, 0.29) is 18.4 Å². The number of amides is 4. The maximum atomic E-state index is 13.9. The van der Waals surface area contributed by atoms with Crippen molar-refractivity contribution in [2.24, 2.45) is 5.92 Å². The number of ether oxygens (including phenoxy) is 1. The van der Waals surface area contributed by atoms with Crippen molar-refractivity contribution in [2.45, 2.75) is 70.5 Å². The van der Waals surface area contributed by atoms with Crippen LogP contribution in [0.25, 0.3) is 11.1 Å². The molecule has 4 rings (SSSR count). The van der Waals surface area contributed by atoms with Gasteiger partial charge >= 0.3 is 12.1 Å². The molecular formula is C34H44N4O7. The Kier molecular flexibility index (Phi) is 10.2. The van der Waals surface area contributed by atoms with Gasteiger partial charge in [0.1, 0.15) is 24.2 Å². The van der Waals surface area contributed by atoms with Gasteiger partial charge in [-0.05, 0) is 54.9 Å². The highest BCUT2D eigenvalue weighted by atomic mass is 16.6. The second kappa shape index (κ2) is 13.7. The zero-order chi connectivity index (χ0) is 33.1. The molecule has 0 bridgehead atoms. The first-order valence-corrected chi connectivity index (χ1v) is 15.4. The van der Waals surface area contributed by atoms with Crippen molar-refractivity contribution in [3.05, 3.63) is 59.7 Å². The van der Waals surface area contributed by atoms with Crippen LogP contribution in [0.2, 0.25) is 0 Å². The summed E-state index contributed by atoms with van der Waals surface area (Å²) < 4.78 is 5.78. The summed E-state index contributed by atoms with van der Waals surface area (Å²) in [6, 6.07) is 13.7. The molecule has 45 heavy (non-hydrogen) atoms. The van der Waals surface area contributed by atoms with Crippen LogP contribution in [0.4, 0.5) is 4.79 Å². The lowest BCUT2D eigenvalue weighted by Gasteiger charge is -2.40. The summed E-state index contributed by atoms with van der Waals surface area (Å²) in [5.41, 5.74) is 2.94. The van der Waals surface area contributed by atoms with E-state index >= 15 is 0 Å². The average Bonchev–Trinajstić information content (AvgIpc) is 3.65. The summed E-state index contributed by atoms with van der Waals surface area (Å²) >= 11 is 0. The van der Waals surface area contributed by atoms with Crippen LogP contribution in [0.1, 0.15) is 64.0 Å². The fourth-order valence-electron chi connectivity index (χ4n) is 6.34. The molecule has 0 saturated carbocycles. The van der Waals surface area contributed by atoms with Crippen LogP contribution in [0, 0.1) is 5.92 Å². The van der Waals surface area contributed by atoms with Gasteiger partial charge in [0.05, 0.1) is 6.42 Å². The lowest BCUT2D eigenvalue weighted by atomic mass is 9.96. The Bertz CT molecular complexity index is 1400. The molecule has 4 amide bonds. The first-order chi connectivity index (χ1) is 21.2. The first kappa shape index (κ1) is 33.5. The molecule has 0 unspecified atom stereocenters. The molecule has 2 aromatic rings. The van der Waals surface area contributed by atoms with Crippen molar-refractivity contribution >= 4 is 29.8 Å². The van der Waals surface area contributed by atoms with E-state index in [0.717, 1.165) is 35.1 Å². The number of aliphatic carboxylic acids is 1. The summed E-state index contributed by atoms with van der Waals surface area (Å²) in [5, 5.41) is 12.0. The molecule has 0 spiro atoms. The molecule has 1 aliphatic carbocycles. The van der Waals surface area contributed by atoms with Crippen LogP contribution >= 0.6 is 0 Å². The van der Waals surface area contributed by atoms with Crippen LogP contribution in [0.3, 0.4) is 0 Å².